The second-order valence-corrected chi connectivity index (χ2v) is 4.43. The molecule has 1 aromatic heterocycles. The van der Waals surface area contributed by atoms with Gasteiger partial charge in [0.25, 0.3) is 5.56 Å². The fraction of sp³-hybridized carbons (Fsp3) is 0.286. The number of aryl methyl sites for hydroxylation is 1. The maximum atomic E-state index is 11.5. The van der Waals surface area contributed by atoms with Crippen LogP contribution >= 0.6 is 0 Å². The lowest BCUT2D eigenvalue weighted by molar-refractivity contribution is 0.853. The van der Waals surface area contributed by atoms with Crippen LogP contribution in [0.15, 0.2) is 35.1 Å². The van der Waals surface area contributed by atoms with Gasteiger partial charge in [-0.1, -0.05) is 25.1 Å². The van der Waals surface area contributed by atoms with Gasteiger partial charge < -0.3 is 16.0 Å². The summed E-state index contributed by atoms with van der Waals surface area (Å²) in [5.41, 5.74) is 7.50. The van der Waals surface area contributed by atoms with Gasteiger partial charge in [-0.15, -0.1) is 0 Å². The smallest absolute Gasteiger partial charge is 0.252 e. The molecule has 1 aromatic carbocycles. The van der Waals surface area contributed by atoms with Gasteiger partial charge in [0.15, 0.2) is 0 Å². The molecular formula is C14H18N4O. The molecule has 0 spiro atoms. The fourth-order valence-electron chi connectivity index (χ4n) is 1.95. The van der Waals surface area contributed by atoms with E-state index in [1.807, 2.05) is 38.1 Å². The number of para-hydroxylation sites is 1. The van der Waals surface area contributed by atoms with E-state index >= 15 is 0 Å². The zero-order valence-electron chi connectivity index (χ0n) is 11.1. The molecule has 0 bridgehead atoms. The molecule has 1 heterocycles. The van der Waals surface area contributed by atoms with Gasteiger partial charge >= 0.3 is 0 Å². The summed E-state index contributed by atoms with van der Waals surface area (Å²) in [4.78, 5) is 18.5. The standard InChI is InChI=1S/C14H18N4O/c1-3-12-17-13(8-14(19)18-12)16-9(2)10-6-4-5-7-11(10)15/h4-9H,3,15H2,1-2H3,(H2,16,17,18,19). The quantitative estimate of drug-likeness (QED) is 0.733. The van der Waals surface area contributed by atoms with Crippen LogP contribution in [-0.4, -0.2) is 9.97 Å². The Labute approximate surface area is 111 Å². The van der Waals surface area contributed by atoms with Crippen molar-refractivity contribution in [3.05, 3.63) is 52.1 Å². The Balaban J connectivity index is 2.24. The minimum absolute atomic E-state index is 0.0137. The molecular weight excluding hydrogens is 240 g/mol. The molecule has 0 amide bonds. The van der Waals surface area contributed by atoms with Crippen molar-refractivity contribution in [2.75, 3.05) is 11.1 Å². The molecule has 4 N–H and O–H groups in total. The van der Waals surface area contributed by atoms with E-state index in [1.165, 1.54) is 6.07 Å². The minimum atomic E-state index is -0.150. The highest BCUT2D eigenvalue weighted by Crippen LogP contribution is 2.22. The lowest BCUT2D eigenvalue weighted by Gasteiger charge is -2.16. The molecule has 1 unspecified atom stereocenters. The lowest BCUT2D eigenvalue weighted by Crippen LogP contribution is -2.16. The van der Waals surface area contributed by atoms with E-state index in [1.54, 1.807) is 0 Å². The van der Waals surface area contributed by atoms with Crippen molar-refractivity contribution in [3.8, 4) is 0 Å². The first-order valence-corrected chi connectivity index (χ1v) is 6.31. The van der Waals surface area contributed by atoms with Crippen LogP contribution in [0.5, 0.6) is 0 Å². The highest BCUT2D eigenvalue weighted by Gasteiger charge is 2.09. The maximum Gasteiger partial charge on any atom is 0.252 e. The van der Waals surface area contributed by atoms with E-state index in [4.69, 9.17) is 5.73 Å². The van der Waals surface area contributed by atoms with E-state index in [0.717, 1.165) is 11.3 Å². The van der Waals surface area contributed by atoms with E-state index in [-0.39, 0.29) is 11.6 Å². The van der Waals surface area contributed by atoms with Crippen LogP contribution < -0.4 is 16.6 Å². The number of benzene rings is 1. The highest BCUT2D eigenvalue weighted by molar-refractivity contribution is 5.50. The number of aromatic amines is 1. The fourth-order valence-corrected chi connectivity index (χ4v) is 1.95. The Hall–Kier alpha value is -2.30. The Morgan fingerprint density at radius 2 is 2.16 bits per heavy atom. The number of nitrogens with two attached hydrogens (primary N) is 1. The molecule has 2 aromatic rings. The predicted octanol–water partition coefficient (Wildman–Crippen LogP) is 2.09. The summed E-state index contributed by atoms with van der Waals surface area (Å²) >= 11 is 0. The van der Waals surface area contributed by atoms with Crippen LogP contribution in [0.2, 0.25) is 0 Å². The topological polar surface area (TPSA) is 83.8 Å². The van der Waals surface area contributed by atoms with Crippen LogP contribution in [0.1, 0.15) is 31.3 Å². The monoisotopic (exact) mass is 258 g/mol. The number of anilines is 2. The Morgan fingerprint density at radius 3 is 2.84 bits per heavy atom. The summed E-state index contributed by atoms with van der Waals surface area (Å²) < 4.78 is 0. The van der Waals surface area contributed by atoms with Gasteiger partial charge in [-0.3, -0.25) is 4.79 Å². The van der Waals surface area contributed by atoms with Gasteiger partial charge in [0.2, 0.25) is 0 Å². The first-order valence-electron chi connectivity index (χ1n) is 6.31. The van der Waals surface area contributed by atoms with Gasteiger partial charge in [-0.25, -0.2) is 4.98 Å². The van der Waals surface area contributed by atoms with Crippen molar-refractivity contribution in [1.29, 1.82) is 0 Å². The summed E-state index contributed by atoms with van der Waals surface area (Å²) in [7, 11) is 0. The van der Waals surface area contributed by atoms with E-state index in [0.29, 0.717) is 18.1 Å². The first-order chi connectivity index (χ1) is 9.10. The van der Waals surface area contributed by atoms with Gasteiger partial charge in [0, 0.05) is 18.2 Å². The average molecular weight is 258 g/mol. The molecule has 0 saturated carbocycles. The van der Waals surface area contributed by atoms with Crippen molar-refractivity contribution in [3.63, 3.8) is 0 Å². The van der Waals surface area contributed by atoms with Crippen LogP contribution in [0, 0.1) is 0 Å². The van der Waals surface area contributed by atoms with Crippen molar-refractivity contribution >= 4 is 11.5 Å². The summed E-state index contributed by atoms with van der Waals surface area (Å²) in [5, 5.41) is 3.20. The molecule has 0 fully saturated rings. The molecule has 1 atom stereocenters. The second-order valence-electron chi connectivity index (χ2n) is 4.43. The predicted molar refractivity (Wildman–Crippen MR) is 77.1 cm³/mol. The van der Waals surface area contributed by atoms with Crippen LogP contribution in [0.3, 0.4) is 0 Å². The van der Waals surface area contributed by atoms with E-state index in [2.05, 4.69) is 15.3 Å². The summed E-state index contributed by atoms with van der Waals surface area (Å²) in [6.07, 6.45) is 0.687. The molecule has 0 saturated heterocycles. The zero-order valence-corrected chi connectivity index (χ0v) is 11.1. The minimum Gasteiger partial charge on any atom is -0.398 e. The zero-order chi connectivity index (χ0) is 13.8. The second kappa shape index (κ2) is 5.56. The summed E-state index contributed by atoms with van der Waals surface area (Å²) in [5.74, 6) is 1.24. The molecule has 5 heteroatoms. The Bertz CT molecular complexity index is 621. The Morgan fingerprint density at radius 1 is 1.42 bits per heavy atom. The lowest BCUT2D eigenvalue weighted by atomic mass is 10.1. The van der Waals surface area contributed by atoms with Crippen LogP contribution in [0.25, 0.3) is 0 Å². The van der Waals surface area contributed by atoms with E-state index in [9.17, 15) is 4.79 Å². The molecule has 0 aliphatic heterocycles. The Kier molecular flexibility index (Phi) is 3.85. The van der Waals surface area contributed by atoms with Gasteiger partial charge in [-0.2, -0.15) is 0 Å². The first kappa shape index (κ1) is 13.1. The normalized spacial score (nSPS) is 12.1. The van der Waals surface area contributed by atoms with Crippen molar-refractivity contribution in [2.45, 2.75) is 26.3 Å². The summed E-state index contributed by atoms with van der Waals surface area (Å²) in [6.45, 7) is 3.93. The number of H-pyrrole nitrogens is 1. The van der Waals surface area contributed by atoms with Crippen LogP contribution in [-0.2, 0) is 6.42 Å². The van der Waals surface area contributed by atoms with Gasteiger partial charge in [0.1, 0.15) is 11.6 Å². The average Bonchev–Trinajstić information content (AvgIpc) is 2.38. The number of hydrogen-bond donors (Lipinski definition) is 3. The molecule has 0 aliphatic rings. The van der Waals surface area contributed by atoms with Crippen molar-refractivity contribution in [2.24, 2.45) is 0 Å². The number of hydrogen-bond acceptors (Lipinski definition) is 4. The number of aromatic nitrogens is 2. The molecule has 100 valence electrons. The molecule has 0 radical (unpaired) electrons. The number of nitrogens with one attached hydrogen (secondary N) is 2. The van der Waals surface area contributed by atoms with E-state index < -0.39 is 0 Å². The van der Waals surface area contributed by atoms with Gasteiger partial charge in [0.05, 0.1) is 6.04 Å². The highest BCUT2D eigenvalue weighted by atomic mass is 16.1. The summed E-state index contributed by atoms with van der Waals surface area (Å²) in [6, 6.07) is 9.09. The SMILES string of the molecule is CCc1nc(NC(C)c2ccccc2N)cc(=O)[nH]1. The molecule has 5 nitrogen and oxygen atoms in total. The molecule has 19 heavy (non-hydrogen) atoms. The van der Waals surface area contributed by atoms with Crippen molar-refractivity contribution < 1.29 is 0 Å². The van der Waals surface area contributed by atoms with Gasteiger partial charge in [-0.05, 0) is 18.6 Å². The largest absolute Gasteiger partial charge is 0.398 e. The molecule has 0 aliphatic carbocycles. The molecule has 2 rings (SSSR count). The third-order valence-electron chi connectivity index (χ3n) is 2.95. The van der Waals surface area contributed by atoms with Crippen molar-refractivity contribution in [1.82, 2.24) is 9.97 Å². The third kappa shape index (κ3) is 3.13. The maximum absolute atomic E-state index is 11.5. The number of rotatable bonds is 4. The number of nitrogen functional groups attached to an aromatic ring is 1. The van der Waals surface area contributed by atoms with Crippen LogP contribution in [0.4, 0.5) is 11.5 Å². The third-order valence-corrected chi connectivity index (χ3v) is 2.95. The number of nitrogens with zero attached hydrogens (tertiary/aromatic N) is 1.